The van der Waals surface area contributed by atoms with Crippen LogP contribution in [0.15, 0.2) is 18.2 Å². The highest BCUT2D eigenvalue weighted by Gasteiger charge is 2.39. The van der Waals surface area contributed by atoms with Gasteiger partial charge < -0.3 is 10.6 Å². The zero-order valence-electron chi connectivity index (χ0n) is 16.2. The number of rotatable bonds is 3. The van der Waals surface area contributed by atoms with E-state index >= 15 is 0 Å². The maximum absolute atomic E-state index is 12.8. The number of amides is 3. The fourth-order valence-electron chi connectivity index (χ4n) is 4.56. The highest BCUT2D eigenvalue weighted by atomic mass is 16.2. The Morgan fingerprint density at radius 2 is 1.96 bits per heavy atom. The number of fused-ring (bicyclic) bond motifs is 1. The first-order chi connectivity index (χ1) is 13.5. The molecule has 0 aromatic heterocycles. The number of imide groups is 1. The van der Waals surface area contributed by atoms with Crippen LogP contribution in [0.4, 0.5) is 0 Å². The van der Waals surface area contributed by atoms with Gasteiger partial charge in [-0.25, -0.2) is 0 Å². The lowest BCUT2D eigenvalue weighted by Gasteiger charge is -2.29. The summed E-state index contributed by atoms with van der Waals surface area (Å²) in [5.74, 6) is -0.754. The van der Waals surface area contributed by atoms with Crippen LogP contribution in [0.1, 0.15) is 60.0 Å². The second-order valence-electron chi connectivity index (χ2n) is 8.24. The zero-order chi connectivity index (χ0) is 19.7. The Morgan fingerprint density at radius 3 is 2.79 bits per heavy atom. The quantitative estimate of drug-likeness (QED) is 0.762. The van der Waals surface area contributed by atoms with Crippen molar-refractivity contribution in [2.45, 2.75) is 63.7 Å². The normalized spacial score (nSPS) is 26.6. The number of likely N-dealkylation sites (tertiary alicyclic amines) is 1. The van der Waals surface area contributed by atoms with E-state index in [-0.39, 0.29) is 30.2 Å². The van der Waals surface area contributed by atoms with E-state index in [9.17, 15) is 14.4 Å². The smallest absolute Gasteiger partial charge is 0.255 e. The van der Waals surface area contributed by atoms with Gasteiger partial charge in [0.25, 0.3) is 5.91 Å². The summed E-state index contributed by atoms with van der Waals surface area (Å²) in [4.78, 5) is 40.3. The van der Waals surface area contributed by atoms with Crippen molar-refractivity contribution in [3.63, 3.8) is 0 Å². The number of carbonyl (C=O) groups excluding carboxylic acids is 3. The van der Waals surface area contributed by atoms with Crippen LogP contribution in [0, 0.1) is 0 Å². The third-order valence-electron chi connectivity index (χ3n) is 6.04. The fraction of sp³-hybridized carbons (Fsp3) is 0.571. The molecule has 1 aromatic rings. The van der Waals surface area contributed by atoms with Crippen molar-refractivity contribution in [1.29, 1.82) is 0 Å². The van der Waals surface area contributed by atoms with Gasteiger partial charge in [-0.2, -0.15) is 0 Å². The third-order valence-corrected chi connectivity index (χ3v) is 6.04. The van der Waals surface area contributed by atoms with Gasteiger partial charge in [0, 0.05) is 37.7 Å². The van der Waals surface area contributed by atoms with Crippen LogP contribution in [0.2, 0.25) is 0 Å². The van der Waals surface area contributed by atoms with Gasteiger partial charge in [0.15, 0.2) is 0 Å². The molecule has 0 aliphatic carbocycles. The molecule has 0 bridgehead atoms. The molecule has 2 fully saturated rings. The van der Waals surface area contributed by atoms with E-state index in [0.717, 1.165) is 31.6 Å². The number of carbonyl (C=O) groups is 3. The second-order valence-corrected chi connectivity index (χ2v) is 8.24. The Balaban J connectivity index is 1.46. The molecule has 3 aliphatic rings. The number of nitrogens with two attached hydrogens (primary N) is 1. The summed E-state index contributed by atoms with van der Waals surface area (Å²) >= 11 is 0. The third kappa shape index (κ3) is 3.95. The SMILES string of the molecule is NC1CCCCCN(Cc2ccc3c(c2)CN(C2CCC(=O)NC2=O)C3=O)C1. The van der Waals surface area contributed by atoms with E-state index < -0.39 is 6.04 Å². The van der Waals surface area contributed by atoms with E-state index in [1.807, 2.05) is 12.1 Å². The second kappa shape index (κ2) is 8.01. The molecule has 2 saturated heterocycles. The average molecular weight is 384 g/mol. The van der Waals surface area contributed by atoms with Gasteiger partial charge in [0.05, 0.1) is 0 Å². The molecule has 3 heterocycles. The van der Waals surface area contributed by atoms with Crippen molar-refractivity contribution in [2.75, 3.05) is 13.1 Å². The predicted octanol–water partition coefficient (Wildman–Crippen LogP) is 1.15. The van der Waals surface area contributed by atoms with Crippen molar-refractivity contribution >= 4 is 17.7 Å². The topological polar surface area (TPSA) is 95.7 Å². The summed E-state index contributed by atoms with van der Waals surface area (Å²) in [5, 5.41) is 2.34. The van der Waals surface area contributed by atoms with Crippen LogP contribution < -0.4 is 11.1 Å². The van der Waals surface area contributed by atoms with Gasteiger partial charge >= 0.3 is 0 Å². The van der Waals surface area contributed by atoms with Crippen LogP contribution in [0.25, 0.3) is 0 Å². The number of hydrogen-bond acceptors (Lipinski definition) is 5. The maximum atomic E-state index is 12.8. The summed E-state index contributed by atoms with van der Waals surface area (Å²) < 4.78 is 0. The molecular formula is C21H28N4O3. The lowest BCUT2D eigenvalue weighted by Crippen LogP contribution is -2.52. The van der Waals surface area contributed by atoms with Crippen LogP contribution in [-0.4, -0.2) is 52.7 Å². The Labute approximate surface area is 165 Å². The zero-order valence-corrected chi connectivity index (χ0v) is 16.2. The molecule has 3 aliphatic heterocycles. The molecule has 3 amide bonds. The summed E-state index contributed by atoms with van der Waals surface area (Å²) in [6, 6.07) is 5.63. The molecule has 2 atom stereocenters. The van der Waals surface area contributed by atoms with Crippen LogP contribution in [0.5, 0.6) is 0 Å². The molecule has 28 heavy (non-hydrogen) atoms. The minimum Gasteiger partial charge on any atom is -0.327 e. The molecule has 7 heteroatoms. The van der Waals surface area contributed by atoms with Gasteiger partial charge in [0.2, 0.25) is 11.8 Å². The van der Waals surface area contributed by atoms with E-state index in [1.54, 1.807) is 4.90 Å². The van der Waals surface area contributed by atoms with Crippen molar-refractivity contribution in [2.24, 2.45) is 5.73 Å². The summed E-state index contributed by atoms with van der Waals surface area (Å²) in [6.45, 7) is 3.20. The lowest BCUT2D eigenvalue weighted by molar-refractivity contribution is -0.136. The van der Waals surface area contributed by atoms with Crippen LogP contribution in [0.3, 0.4) is 0 Å². The Bertz CT molecular complexity index is 794. The van der Waals surface area contributed by atoms with Crippen molar-refractivity contribution in [3.8, 4) is 0 Å². The molecule has 2 unspecified atom stereocenters. The van der Waals surface area contributed by atoms with Gasteiger partial charge in [-0.15, -0.1) is 0 Å². The van der Waals surface area contributed by atoms with Gasteiger partial charge in [-0.1, -0.05) is 25.0 Å². The van der Waals surface area contributed by atoms with Crippen LogP contribution in [-0.2, 0) is 22.7 Å². The minimum absolute atomic E-state index is 0.121. The molecule has 0 saturated carbocycles. The molecule has 1 aromatic carbocycles. The average Bonchev–Trinajstić information content (AvgIpc) is 2.95. The monoisotopic (exact) mass is 384 g/mol. The largest absolute Gasteiger partial charge is 0.327 e. The highest BCUT2D eigenvalue weighted by molar-refractivity contribution is 6.05. The molecule has 0 radical (unpaired) electrons. The first-order valence-corrected chi connectivity index (χ1v) is 10.3. The molecular weight excluding hydrogens is 356 g/mol. The lowest BCUT2D eigenvalue weighted by atomic mass is 10.0. The standard InChI is InChI=1S/C21H28N4O3/c22-16-4-2-1-3-9-24(13-16)11-14-5-6-17-15(10-14)12-25(21(17)28)18-7-8-19(26)23-20(18)27/h5-6,10,16,18H,1-4,7-9,11-13,22H2,(H,23,26,27). The first kappa shape index (κ1) is 19.1. The molecule has 150 valence electrons. The fourth-order valence-corrected chi connectivity index (χ4v) is 4.56. The minimum atomic E-state index is -0.562. The summed E-state index contributed by atoms with van der Waals surface area (Å²) in [7, 11) is 0. The highest BCUT2D eigenvalue weighted by Crippen LogP contribution is 2.28. The van der Waals surface area contributed by atoms with Gasteiger partial charge in [-0.3, -0.25) is 24.6 Å². The molecule has 7 nitrogen and oxygen atoms in total. The van der Waals surface area contributed by atoms with E-state index in [1.165, 1.54) is 24.8 Å². The van der Waals surface area contributed by atoms with Crippen LogP contribution >= 0.6 is 0 Å². The van der Waals surface area contributed by atoms with Gasteiger partial charge in [0.1, 0.15) is 6.04 Å². The Kier molecular flexibility index (Phi) is 5.46. The van der Waals surface area contributed by atoms with E-state index in [0.29, 0.717) is 18.5 Å². The predicted molar refractivity (Wildman–Crippen MR) is 104 cm³/mol. The Morgan fingerprint density at radius 1 is 1.11 bits per heavy atom. The van der Waals surface area contributed by atoms with Crippen molar-refractivity contribution in [3.05, 3.63) is 34.9 Å². The summed E-state index contributed by atoms with van der Waals surface area (Å²) in [6.07, 6.45) is 5.38. The number of benzene rings is 1. The van der Waals surface area contributed by atoms with Crippen molar-refractivity contribution < 1.29 is 14.4 Å². The number of piperidine rings is 1. The van der Waals surface area contributed by atoms with Gasteiger partial charge in [-0.05, 0) is 43.0 Å². The number of nitrogens with one attached hydrogen (secondary N) is 1. The molecule has 3 N–H and O–H groups in total. The number of nitrogens with zero attached hydrogens (tertiary/aromatic N) is 2. The summed E-state index contributed by atoms with van der Waals surface area (Å²) in [5.41, 5.74) is 9.02. The van der Waals surface area contributed by atoms with E-state index in [2.05, 4.69) is 16.3 Å². The molecule has 0 spiro atoms. The molecule has 4 rings (SSSR count). The van der Waals surface area contributed by atoms with E-state index in [4.69, 9.17) is 5.73 Å². The maximum Gasteiger partial charge on any atom is 0.255 e. The van der Waals surface area contributed by atoms with Crippen molar-refractivity contribution in [1.82, 2.24) is 15.1 Å². The Hall–Kier alpha value is -2.25. The first-order valence-electron chi connectivity index (χ1n) is 10.3. The number of hydrogen-bond donors (Lipinski definition) is 2.